The summed E-state index contributed by atoms with van der Waals surface area (Å²) in [6.07, 6.45) is 0.726. The van der Waals surface area contributed by atoms with Gasteiger partial charge in [-0.2, -0.15) is 4.31 Å². The molecule has 0 aromatic heterocycles. The van der Waals surface area contributed by atoms with Crippen molar-refractivity contribution in [1.29, 1.82) is 0 Å². The Morgan fingerprint density at radius 2 is 1.67 bits per heavy atom. The van der Waals surface area contributed by atoms with Gasteiger partial charge in [-0.15, -0.1) is 0 Å². The van der Waals surface area contributed by atoms with Crippen molar-refractivity contribution in [2.24, 2.45) is 5.41 Å². The van der Waals surface area contributed by atoms with Crippen molar-refractivity contribution in [2.45, 2.75) is 38.1 Å². The minimum atomic E-state index is -3.63. The Hall–Kier alpha value is -2.17. The average molecular weight is 382 g/mol. The van der Waals surface area contributed by atoms with Crippen molar-refractivity contribution in [1.82, 2.24) is 4.31 Å². The molecule has 2 aromatic carbocycles. The molecule has 0 unspecified atom stereocenters. The van der Waals surface area contributed by atoms with Gasteiger partial charge in [0.15, 0.2) is 0 Å². The topological polar surface area (TPSA) is 37.4 Å². The summed E-state index contributed by atoms with van der Waals surface area (Å²) in [5.41, 5.74) is 3.43. The molecule has 3 rings (SSSR count). The number of benzene rings is 2. The molecule has 1 heterocycles. The lowest BCUT2D eigenvalue weighted by atomic mass is 9.73. The molecule has 0 N–H and O–H groups in total. The fourth-order valence-corrected chi connectivity index (χ4v) is 5.57. The molecule has 1 saturated heterocycles. The van der Waals surface area contributed by atoms with Gasteiger partial charge in [0, 0.05) is 12.0 Å². The smallest absolute Gasteiger partial charge is 0.207 e. The number of sulfonamides is 1. The number of hydrogen-bond acceptors (Lipinski definition) is 2. The van der Waals surface area contributed by atoms with Gasteiger partial charge in [0.05, 0.1) is 10.9 Å². The molecule has 0 bridgehead atoms. The van der Waals surface area contributed by atoms with Gasteiger partial charge in [-0.05, 0) is 43.5 Å². The van der Waals surface area contributed by atoms with Crippen LogP contribution in [0.2, 0.25) is 0 Å². The first kappa shape index (κ1) is 19.6. The lowest BCUT2D eigenvalue weighted by Gasteiger charge is -2.37. The minimum Gasteiger partial charge on any atom is -0.207 e. The van der Waals surface area contributed by atoms with Gasteiger partial charge < -0.3 is 0 Å². The van der Waals surface area contributed by atoms with E-state index in [2.05, 4.69) is 20.1 Å². The summed E-state index contributed by atoms with van der Waals surface area (Å²) in [7, 11) is -3.63. The second kappa shape index (κ2) is 7.10. The Bertz CT molecular complexity index is 961. The first-order valence-electron chi connectivity index (χ1n) is 9.16. The van der Waals surface area contributed by atoms with Crippen molar-refractivity contribution >= 4 is 15.6 Å². The van der Waals surface area contributed by atoms with Crippen LogP contribution in [0.5, 0.6) is 0 Å². The molecule has 0 radical (unpaired) electrons. The van der Waals surface area contributed by atoms with Gasteiger partial charge in [0.25, 0.3) is 0 Å². The van der Waals surface area contributed by atoms with Gasteiger partial charge in [0.1, 0.15) is 0 Å². The van der Waals surface area contributed by atoms with E-state index in [1.165, 1.54) is 0 Å². The zero-order valence-corrected chi connectivity index (χ0v) is 17.1. The van der Waals surface area contributed by atoms with Crippen LogP contribution in [0.1, 0.15) is 31.4 Å². The Labute approximate surface area is 163 Å². The second-order valence-corrected chi connectivity index (χ2v) is 9.56. The van der Waals surface area contributed by atoms with E-state index in [0.717, 1.165) is 28.7 Å². The third kappa shape index (κ3) is 3.40. The Morgan fingerprint density at radius 3 is 2.22 bits per heavy atom. The van der Waals surface area contributed by atoms with E-state index < -0.39 is 10.0 Å². The normalized spacial score (nSPS) is 23.3. The molecule has 4 heteroatoms. The van der Waals surface area contributed by atoms with Crippen LogP contribution in [0.4, 0.5) is 0 Å². The molecule has 3 nitrogen and oxygen atoms in total. The third-order valence-electron chi connectivity index (χ3n) is 5.82. The molecular formula is C23H27NO2S. The lowest BCUT2D eigenvalue weighted by Crippen LogP contribution is -2.42. The molecule has 2 atom stereocenters. The van der Waals surface area contributed by atoms with Crippen LogP contribution in [0, 0.1) is 12.3 Å². The number of hydrogen-bond donors (Lipinski definition) is 0. The Kier molecular flexibility index (Phi) is 5.15. The van der Waals surface area contributed by atoms with E-state index in [4.69, 9.17) is 0 Å². The fraction of sp³-hybridized carbons (Fsp3) is 0.304. The van der Waals surface area contributed by atoms with Crippen LogP contribution in [-0.4, -0.2) is 25.3 Å². The Morgan fingerprint density at radius 1 is 1.07 bits per heavy atom. The van der Waals surface area contributed by atoms with Crippen molar-refractivity contribution in [3.05, 3.63) is 84.5 Å². The van der Waals surface area contributed by atoms with Crippen molar-refractivity contribution in [3.63, 3.8) is 0 Å². The van der Waals surface area contributed by atoms with E-state index in [1.807, 2.05) is 56.3 Å². The maximum absolute atomic E-state index is 13.5. The zero-order chi connectivity index (χ0) is 19.8. The number of aryl methyl sites for hydroxylation is 1. The highest BCUT2D eigenvalue weighted by atomic mass is 32.2. The van der Waals surface area contributed by atoms with E-state index in [1.54, 1.807) is 16.4 Å². The fourth-order valence-electron chi connectivity index (χ4n) is 3.85. The standard InChI is InChI=1S/C23H27NO2S/c1-17(2)23(5)15-16-24(22(23)19(4)20-9-7-6-8-10-20)27(25,26)21-13-11-18(3)12-14-21/h6-14,22H,1,4,15-16H2,2-3,5H3/t22-,23+/m1/s1. The molecule has 0 spiro atoms. The third-order valence-corrected chi connectivity index (χ3v) is 7.70. The van der Waals surface area contributed by atoms with Crippen LogP contribution in [0.3, 0.4) is 0 Å². The molecule has 1 aliphatic rings. The van der Waals surface area contributed by atoms with E-state index in [0.29, 0.717) is 11.4 Å². The molecule has 2 aromatic rings. The minimum absolute atomic E-state index is 0.324. The summed E-state index contributed by atoms with van der Waals surface area (Å²) in [5.74, 6) is 0. The quantitative estimate of drug-likeness (QED) is 0.679. The molecule has 1 aliphatic heterocycles. The largest absolute Gasteiger partial charge is 0.243 e. The first-order chi connectivity index (χ1) is 12.7. The van der Waals surface area contributed by atoms with Gasteiger partial charge in [-0.3, -0.25) is 0 Å². The van der Waals surface area contributed by atoms with E-state index in [9.17, 15) is 8.42 Å². The van der Waals surface area contributed by atoms with Crippen LogP contribution in [-0.2, 0) is 10.0 Å². The summed E-state index contributed by atoms with van der Waals surface area (Å²) in [6, 6.07) is 16.5. The van der Waals surface area contributed by atoms with Gasteiger partial charge in [-0.1, -0.05) is 73.7 Å². The van der Waals surface area contributed by atoms with Crippen molar-refractivity contribution in [3.8, 4) is 0 Å². The van der Waals surface area contributed by atoms with Gasteiger partial charge in [0.2, 0.25) is 10.0 Å². The Balaban J connectivity index is 2.10. The van der Waals surface area contributed by atoms with Gasteiger partial charge >= 0.3 is 0 Å². The molecule has 142 valence electrons. The molecule has 0 aliphatic carbocycles. The number of rotatable bonds is 5. The van der Waals surface area contributed by atoms with Crippen LogP contribution >= 0.6 is 0 Å². The summed E-state index contributed by atoms with van der Waals surface area (Å²) in [6.45, 7) is 15.0. The molecular weight excluding hydrogens is 354 g/mol. The van der Waals surface area contributed by atoms with E-state index >= 15 is 0 Å². The lowest BCUT2D eigenvalue weighted by molar-refractivity contribution is 0.336. The maximum Gasteiger partial charge on any atom is 0.243 e. The predicted octanol–water partition coefficient (Wildman–Crippen LogP) is 5.05. The average Bonchev–Trinajstić information content (AvgIpc) is 3.02. The summed E-state index contributed by atoms with van der Waals surface area (Å²) in [4.78, 5) is 0.324. The summed E-state index contributed by atoms with van der Waals surface area (Å²) < 4.78 is 28.5. The highest BCUT2D eigenvalue weighted by Gasteiger charge is 2.50. The molecule has 1 fully saturated rings. The monoisotopic (exact) mass is 381 g/mol. The van der Waals surface area contributed by atoms with E-state index in [-0.39, 0.29) is 11.5 Å². The SMILES string of the molecule is C=C(c1ccccc1)[C@H]1N(S(=O)(=O)c2ccc(C)cc2)CC[C@@]1(C)C(=C)C. The van der Waals surface area contributed by atoms with Crippen LogP contribution < -0.4 is 0 Å². The first-order valence-corrected chi connectivity index (χ1v) is 10.6. The van der Waals surface area contributed by atoms with Crippen molar-refractivity contribution < 1.29 is 8.42 Å². The predicted molar refractivity (Wildman–Crippen MR) is 112 cm³/mol. The summed E-state index contributed by atoms with van der Waals surface area (Å²) >= 11 is 0. The molecule has 0 saturated carbocycles. The molecule has 27 heavy (non-hydrogen) atoms. The van der Waals surface area contributed by atoms with Crippen molar-refractivity contribution in [2.75, 3.05) is 6.54 Å². The maximum atomic E-state index is 13.5. The second-order valence-electron chi connectivity index (χ2n) is 7.67. The summed E-state index contributed by atoms with van der Waals surface area (Å²) in [5, 5.41) is 0. The van der Waals surface area contributed by atoms with Crippen LogP contribution in [0.25, 0.3) is 5.57 Å². The van der Waals surface area contributed by atoms with Crippen LogP contribution in [0.15, 0.2) is 78.2 Å². The highest BCUT2D eigenvalue weighted by molar-refractivity contribution is 7.89. The highest BCUT2D eigenvalue weighted by Crippen LogP contribution is 2.48. The number of nitrogens with zero attached hydrogens (tertiary/aromatic N) is 1. The van der Waals surface area contributed by atoms with Gasteiger partial charge in [-0.25, -0.2) is 8.42 Å². The zero-order valence-electron chi connectivity index (χ0n) is 16.3. The molecule has 0 amide bonds.